The Bertz CT molecular complexity index is 1050. The zero-order valence-corrected chi connectivity index (χ0v) is 19.9. The molecular weight excluding hydrogens is 432 g/mol. The molecule has 1 saturated heterocycles. The third-order valence-corrected chi connectivity index (χ3v) is 5.15. The Kier molecular flexibility index (Phi) is 8.70. The van der Waals surface area contributed by atoms with E-state index in [-0.39, 0.29) is 17.8 Å². The summed E-state index contributed by atoms with van der Waals surface area (Å²) in [6.45, 7) is 8.03. The van der Waals surface area contributed by atoms with Gasteiger partial charge in [0.1, 0.15) is 29.2 Å². The predicted molar refractivity (Wildman–Crippen MR) is 134 cm³/mol. The Labute approximate surface area is 200 Å². The molecular formula is C26H32N4O4. The maximum atomic E-state index is 12.4. The minimum absolute atomic E-state index is 0.0414. The van der Waals surface area contributed by atoms with Gasteiger partial charge in [-0.25, -0.2) is 0 Å². The Morgan fingerprint density at radius 2 is 1.85 bits per heavy atom. The van der Waals surface area contributed by atoms with Gasteiger partial charge in [0.2, 0.25) is 0 Å². The molecule has 0 radical (unpaired) electrons. The molecule has 3 N–H and O–H groups in total. The Balaban J connectivity index is 1.79. The van der Waals surface area contributed by atoms with Gasteiger partial charge in [-0.05, 0) is 62.0 Å². The smallest absolute Gasteiger partial charge is 0.253 e. The van der Waals surface area contributed by atoms with E-state index in [9.17, 15) is 4.79 Å². The van der Waals surface area contributed by atoms with Gasteiger partial charge in [-0.1, -0.05) is 6.58 Å². The van der Waals surface area contributed by atoms with Crippen molar-refractivity contribution in [1.29, 1.82) is 5.41 Å². The van der Waals surface area contributed by atoms with E-state index < -0.39 is 0 Å². The van der Waals surface area contributed by atoms with Crippen molar-refractivity contribution >= 4 is 17.4 Å². The normalized spacial score (nSPS) is 13.7. The standard InChI is InChI=1S/C26H32N4O4/c1-18(17-32-4)33-23-14-21(19(2)29-25(27)10-11-28-3)15-24(16-23)34-22-8-6-20(7-9-22)26(31)30-12-5-13-30/h6-11,14-16,18,28H,2,5,12-13,17H2,1,3-4H3,(H2,27,29)/b11-10-/t18-/m0/s1. The third kappa shape index (κ3) is 6.86. The van der Waals surface area contributed by atoms with Crippen LogP contribution in [0.15, 0.2) is 61.3 Å². The quantitative estimate of drug-likeness (QED) is 0.344. The summed E-state index contributed by atoms with van der Waals surface area (Å²) in [5, 5.41) is 13.8. The number of carbonyl (C=O) groups excluding carboxylic acids is 1. The molecule has 0 saturated carbocycles. The van der Waals surface area contributed by atoms with E-state index in [1.165, 1.54) is 0 Å². The van der Waals surface area contributed by atoms with Crippen LogP contribution in [0.4, 0.5) is 0 Å². The molecule has 0 spiro atoms. The summed E-state index contributed by atoms with van der Waals surface area (Å²) in [4.78, 5) is 14.2. The molecule has 8 nitrogen and oxygen atoms in total. The van der Waals surface area contributed by atoms with Gasteiger partial charge >= 0.3 is 0 Å². The number of ether oxygens (including phenoxy) is 3. The van der Waals surface area contributed by atoms with Crippen molar-refractivity contribution in [2.24, 2.45) is 0 Å². The first-order valence-corrected chi connectivity index (χ1v) is 11.2. The molecule has 0 unspecified atom stereocenters. The molecule has 1 aliphatic heterocycles. The van der Waals surface area contributed by atoms with Crippen molar-refractivity contribution in [3.8, 4) is 17.2 Å². The van der Waals surface area contributed by atoms with Crippen LogP contribution < -0.4 is 20.1 Å². The van der Waals surface area contributed by atoms with Crippen LogP contribution >= 0.6 is 0 Å². The molecule has 1 heterocycles. The van der Waals surface area contributed by atoms with Crippen molar-refractivity contribution in [3.63, 3.8) is 0 Å². The fourth-order valence-corrected chi connectivity index (χ4v) is 3.32. The van der Waals surface area contributed by atoms with Crippen LogP contribution in [0.2, 0.25) is 0 Å². The number of benzene rings is 2. The fourth-order valence-electron chi connectivity index (χ4n) is 3.32. The summed E-state index contributed by atoms with van der Waals surface area (Å²) in [5.41, 5.74) is 1.88. The van der Waals surface area contributed by atoms with E-state index in [4.69, 9.17) is 19.6 Å². The number of hydrogen-bond acceptors (Lipinski definition) is 6. The first kappa shape index (κ1) is 24.9. The largest absolute Gasteiger partial charge is 0.488 e. The zero-order valence-electron chi connectivity index (χ0n) is 19.9. The predicted octanol–water partition coefficient (Wildman–Crippen LogP) is 4.01. The molecule has 1 amide bonds. The lowest BCUT2D eigenvalue weighted by Crippen LogP contribution is -2.41. The SMILES string of the molecule is C=C(NC(=N)/C=C\NC)c1cc(Oc2ccc(C(=O)N3CCC3)cc2)cc(O[C@@H](C)COC)c1. The van der Waals surface area contributed by atoms with E-state index in [0.717, 1.165) is 19.5 Å². The van der Waals surface area contributed by atoms with E-state index in [2.05, 4.69) is 17.2 Å². The molecule has 8 heteroatoms. The Morgan fingerprint density at radius 1 is 1.15 bits per heavy atom. The number of hydrogen-bond donors (Lipinski definition) is 3. The van der Waals surface area contributed by atoms with Gasteiger partial charge in [-0.3, -0.25) is 10.2 Å². The maximum Gasteiger partial charge on any atom is 0.253 e. The van der Waals surface area contributed by atoms with Crippen molar-refractivity contribution < 1.29 is 19.0 Å². The zero-order chi connectivity index (χ0) is 24.5. The second kappa shape index (κ2) is 11.9. The van der Waals surface area contributed by atoms with E-state index in [1.807, 2.05) is 24.0 Å². The van der Waals surface area contributed by atoms with Gasteiger partial charge in [-0.2, -0.15) is 0 Å². The van der Waals surface area contributed by atoms with Crippen LogP contribution in [-0.4, -0.2) is 56.6 Å². The van der Waals surface area contributed by atoms with Crippen LogP contribution in [0.25, 0.3) is 5.70 Å². The highest BCUT2D eigenvalue weighted by Gasteiger charge is 2.21. The van der Waals surface area contributed by atoms with Crippen LogP contribution in [0.1, 0.15) is 29.3 Å². The number of methoxy groups -OCH3 is 1. The van der Waals surface area contributed by atoms with E-state index in [0.29, 0.717) is 40.7 Å². The molecule has 2 aromatic rings. The first-order chi connectivity index (χ1) is 16.4. The summed E-state index contributed by atoms with van der Waals surface area (Å²) >= 11 is 0. The summed E-state index contributed by atoms with van der Waals surface area (Å²) in [7, 11) is 3.38. The average Bonchev–Trinajstić information content (AvgIpc) is 2.77. The summed E-state index contributed by atoms with van der Waals surface area (Å²) < 4.78 is 17.2. The van der Waals surface area contributed by atoms with Crippen molar-refractivity contribution in [2.45, 2.75) is 19.4 Å². The van der Waals surface area contributed by atoms with Crippen LogP contribution in [-0.2, 0) is 4.74 Å². The van der Waals surface area contributed by atoms with Crippen LogP contribution in [0.3, 0.4) is 0 Å². The Hall–Kier alpha value is -3.78. The number of amides is 1. The second-order valence-electron chi connectivity index (χ2n) is 7.99. The lowest BCUT2D eigenvalue weighted by atomic mass is 10.1. The van der Waals surface area contributed by atoms with Gasteiger partial charge in [0.15, 0.2) is 0 Å². The molecule has 0 aromatic heterocycles. The molecule has 0 aliphatic carbocycles. The summed E-state index contributed by atoms with van der Waals surface area (Å²) in [5.74, 6) is 1.95. The molecule has 1 aliphatic rings. The minimum Gasteiger partial charge on any atom is -0.488 e. The summed E-state index contributed by atoms with van der Waals surface area (Å²) in [6, 6.07) is 12.5. The van der Waals surface area contributed by atoms with Gasteiger partial charge in [0.25, 0.3) is 5.91 Å². The topological polar surface area (TPSA) is 95.9 Å². The molecule has 2 aromatic carbocycles. The van der Waals surface area contributed by atoms with Gasteiger partial charge in [0, 0.05) is 50.1 Å². The maximum absolute atomic E-state index is 12.4. The molecule has 1 fully saturated rings. The number of likely N-dealkylation sites (tertiary alicyclic amines) is 1. The number of nitrogens with one attached hydrogen (secondary N) is 3. The number of nitrogens with zero attached hydrogens (tertiary/aromatic N) is 1. The van der Waals surface area contributed by atoms with Crippen molar-refractivity contribution in [2.75, 3.05) is 33.9 Å². The van der Waals surface area contributed by atoms with Crippen LogP contribution in [0, 0.1) is 5.41 Å². The highest BCUT2D eigenvalue weighted by atomic mass is 16.5. The minimum atomic E-state index is -0.169. The highest BCUT2D eigenvalue weighted by molar-refractivity contribution is 5.96. The number of rotatable bonds is 11. The van der Waals surface area contributed by atoms with Crippen molar-refractivity contribution in [1.82, 2.24) is 15.5 Å². The molecule has 1 atom stereocenters. The highest BCUT2D eigenvalue weighted by Crippen LogP contribution is 2.30. The van der Waals surface area contributed by atoms with Crippen molar-refractivity contribution in [3.05, 3.63) is 72.4 Å². The molecule has 34 heavy (non-hydrogen) atoms. The third-order valence-electron chi connectivity index (χ3n) is 5.15. The monoisotopic (exact) mass is 464 g/mol. The molecule has 3 rings (SSSR count). The average molecular weight is 465 g/mol. The number of carbonyl (C=O) groups is 1. The van der Waals surface area contributed by atoms with Gasteiger partial charge in [-0.15, -0.1) is 0 Å². The summed E-state index contributed by atoms with van der Waals surface area (Å²) in [6.07, 6.45) is 4.13. The first-order valence-electron chi connectivity index (χ1n) is 11.2. The number of amidine groups is 1. The van der Waals surface area contributed by atoms with E-state index >= 15 is 0 Å². The Morgan fingerprint density at radius 3 is 2.47 bits per heavy atom. The lowest BCUT2D eigenvalue weighted by Gasteiger charge is -2.30. The second-order valence-corrected chi connectivity index (χ2v) is 7.99. The van der Waals surface area contributed by atoms with Crippen LogP contribution in [0.5, 0.6) is 17.2 Å². The molecule has 180 valence electrons. The fraction of sp³-hybridized carbons (Fsp3) is 0.308. The van der Waals surface area contributed by atoms with Gasteiger partial charge in [0.05, 0.1) is 6.61 Å². The van der Waals surface area contributed by atoms with E-state index in [1.54, 1.807) is 56.8 Å². The lowest BCUT2D eigenvalue weighted by molar-refractivity contribution is 0.0652. The molecule has 0 bridgehead atoms. The van der Waals surface area contributed by atoms with Gasteiger partial charge < -0.3 is 29.7 Å².